The minimum absolute atomic E-state index is 0.0424. The Bertz CT molecular complexity index is 1290. The van der Waals surface area contributed by atoms with Gasteiger partial charge in [0, 0.05) is 11.3 Å². The number of anilines is 1. The first-order valence-electron chi connectivity index (χ1n) is 11.7. The maximum absolute atomic E-state index is 13.4. The van der Waals surface area contributed by atoms with Crippen LogP contribution in [-0.2, 0) is 9.59 Å². The van der Waals surface area contributed by atoms with E-state index in [2.05, 4.69) is 0 Å². The Kier molecular flexibility index (Phi) is 6.92. The maximum atomic E-state index is 13.4. The van der Waals surface area contributed by atoms with Crippen LogP contribution in [0.5, 0.6) is 11.5 Å². The molecule has 0 bridgehead atoms. The number of aliphatic hydroxyl groups is 1. The van der Waals surface area contributed by atoms with Gasteiger partial charge in [-0.25, -0.2) is 0 Å². The van der Waals surface area contributed by atoms with Gasteiger partial charge in [-0.05, 0) is 86.8 Å². The highest BCUT2D eigenvalue weighted by atomic mass is 16.5. The van der Waals surface area contributed by atoms with Gasteiger partial charge < -0.3 is 14.6 Å². The lowest BCUT2D eigenvalue weighted by molar-refractivity contribution is -0.132. The number of aliphatic hydroxyl groups excluding tert-OH is 1. The fourth-order valence-corrected chi connectivity index (χ4v) is 4.27. The monoisotopic (exact) mass is 471 g/mol. The molecule has 6 nitrogen and oxygen atoms in total. The number of ether oxygens (including phenoxy) is 2. The van der Waals surface area contributed by atoms with E-state index in [9.17, 15) is 14.7 Å². The zero-order valence-electron chi connectivity index (χ0n) is 20.4. The first kappa shape index (κ1) is 24.1. The van der Waals surface area contributed by atoms with Gasteiger partial charge in [0.05, 0.1) is 24.8 Å². The normalized spacial score (nSPS) is 17.0. The van der Waals surface area contributed by atoms with Gasteiger partial charge in [-0.1, -0.05) is 24.3 Å². The average molecular weight is 472 g/mol. The van der Waals surface area contributed by atoms with Crippen molar-refractivity contribution in [3.8, 4) is 11.5 Å². The Labute approximate surface area is 205 Å². The number of ketones is 1. The van der Waals surface area contributed by atoms with E-state index < -0.39 is 17.7 Å². The summed E-state index contributed by atoms with van der Waals surface area (Å²) < 4.78 is 11.2. The summed E-state index contributed by atoms with van der Waals surface area (Å²) in [6.45, 7) is 8.69. The van der Waals surface area contributed by atoms with Crippen LogP contribution >= 0.6 is 0 Å². The molecule has 1 unspecified atom stereocenters. The van der Waals surface area contributed by atoms with Crippen molar-refractivity contribution < 1.29 is 24.2 Å². The third kappa shape index (κ3) is 4.64. The van der Waals surface area contributed by atoms with E-state index in [0.717, 1.165) is 11.1 Å². The standard InChI is InChI=1S/C29H29NO5/c1-5-34-23-14-12-22(13-15-23)30-26(20-8-7-9-24(17-20)35-6-2)25(28(32)29(30)33)27(31)21-11-10-18(3)19(4)16-21/h7-17,26,31H,5-6H2,1-4H3/b27-25-. The van der Waals surface area contributed by atoms with Crippen LogP contribution in [0.1, 0.15) is 42.1 Å². The molecular weight excluding hydrogens is 442 g/mol. The molecule has 0 spiro atoms. The van der Waals surface area contributed by atoms with Crippen molar-refractivity contribution in [3.05, 3.63) is 94.6 Å². The van der Waals surface area contributed by atoms with Crippen LogP contribution in [0, 0.1) is 13.8 Å². The molecule has 0 aromatic heterocycles. The minimum atomic E-state index is -0.824. The summed E-state index contributed by atoms with van der Waals surface area (Å²) in [6, 6.07) is 18.9. The van der Waals surface area contributed by atoms with Crippen LogP contribution in [0.3, 0.4) is 0 Å². The molecular formula is C29H29NO5. The molecule has 180 valence electrons. The molecule has 6 heteroatoms. The lowest BCUT2D eigenvalue weighted by Gasteiger charge is -2.26. The Morgan fingerprint density at radius 1 is 0.857 bits per heavy atom. The first-order chi connectivity index (χ1) is 16.8. The molecule has 1 aliphatic heterocycles. The van der Waals surface area contributed by atoms with Gasteiger partial charge in [-0.2, -0.15) is 0 Å². The summed E-state index contributed by atoms with van der Waals surface area (Å²) in [5.74, 6) is -0.356. The van der Waals surface area contributed by atoms with Crippen molar-refractivity contribution in [2.24, 2.45) is 0 Å². The molecule has 35 heavy (non-hydrogen) atoms. The van der Waals surface area contributed by atoms with Crippen molar-refractivity contribution in [1.29, 1.82) is 0 Å². The molecule has 1 fully saturated rings. The molecule has 0 aliphatic carbocycles. The fourth-order valence-electron chi connectivity index (χ4n) is 4.27. The van der Waals surface area contributed by atoms with Crippen molar-refractivity contribution >= 4 is 23.1 Å². The molecule has 1 N–H and O–H groups in total. The van der Waals surface area contributed by atoms with Gasteiger partial charge in [0.25, 0.3) is 11.7 Å². The van der Waals surface area contributed by atoms with Gasteiger partial charge in [0.2, 0.25) is 0 Å². The summed E-state index contributed by atoms with van der Waals surface area (Å²) in [5.41, 5.74) is 3.77. The highest BCUT2D eigenvalue weighted by molar-refractivity contribution is 6.51. The number of carbonyl (C=O) groups excluding carboxylic acids is 2. The molecule has 1 amide bonds. The van der Waals surface area contributed by atoms with E-state index in [1.54, 1.807) is 36.4 Å². The predicted octanol–water partition coefficient (Wildman–Crippen LogP) is 5.73. The maximum Gasteiger partial charge on any atom is 0.300 e. The predicted molar refractivity (Wildman–Crippen MR) is 136 cm³/mol. The lowest BCUT2D eigenvalue weighted by atomic mass is 9.94. The van der Waals surface area contributed by atoms with Crippen LogP contribution in [0.15, 0.2) is 72.3 Å². The van der Waals surface area contributed by atoms with Gasteiger partial charge in [-0.15, -0.1) is 0 Å². The quantitative estimate of drug-likeness (QED) is 0.271. The second kappa shape index (κ2) is 10.1. The van der Waals surface area contributed by atoms with Crippen LogP contribution in [0.4, 0.5) is 5.69 Å². The third-order valence-electron chi connectivity index (χ3n) is 6.14. The van der Waals surface area contributed by atoms with E-state index in [4.69, 9.17) is 9.47 Å². The summed E-state index contributed by atoms with van der Waals surface area (Å²) in [4.78, 5) is 28.1. The highest BCUT2D eigenvalue weighted by Gasteiger charge is 2.47. The molecule has 4 rings (SSSR count). The number of Topliss-reactive ketones (excluding diaryl/α,β-unsaturated/α-hetero) is 1. The number of benzene rings is 3. The Morgan fingerprint density at radius 3 is 2.20 bits per heavy atom. The minimum Gasteiger partial charge on any atom is -0.507 e. The molecule has 1 atom stereocenters. The number of amides is 1. The largest absolute Gasteiger partial charge is 0.507 e. The number of nitrogens with zero attached hydrogens (tertiary/aromatic N) is 1. The van der Waals surface area contributed by atoms with Crippen molar-refractivity contribution in [3.63, 3.8) is 0 Å². The van der Waals surface area contributed by atoms with E-state index in [-0.39, 0.29) is 11.3 Å². The molecule has 1 heterocycles. The molecule has 3 aromatic rings. The molecule has 1 saturated heterocycles. The van der Waals surface area contributed by atoms with E-state index in [1.807, 2.05) is 58.0 Å². The Hall–Kier alpha value is -4.06. The number of hydrogen-bond acceptors (Lipinski definition) is 5. The molecule has 0 radical (unpaired) electrons. The Balaban J connectivity index is 1.91. The van der Waals surface area contributed by atoms with Crippen LogP contribution < -0.4 is 14.4 Å². The Morgan fingerprint density at radius 2 is 1.54 bits per heavy atom. The molecule has 3 aromatic carbocycles. The number of aryl methyl sites for hydroxylation is 2. The summed E-state index contributed by atoms with van der Waals surface area (Å²) >= 11 is 0. The van der Waals surface area contributed by atoms with Gasteiger partial charge in [0.15, 0.2) is 0 Å². The fraction of sp³-hybridized carbons (Fsp3) is 0.241. The van der Waals surface area contributed by atoms with E-state index in [0.29, 0.717) is 41.5 Å². The summed E-state index contributed by atoms with van der Waals surface area (Å²) in [6.07, 6.45) is 0. The number of rotatable bonds is 7. The van der Waals surface area contributed by atoms with Crippen molar-refractivity contribution in [2.45, 2.75) is 33.7 Å². The van der Waals surface area contributed by atoms with Crippen molar-refractivity contribution in [2.75, 3.05) is 18.1 Å². The lowest BCUT2D eigenvalue weighted by Crippen LogP contribution is -2.29. The van der Waals surface area contributed by atoms with Crippen LogP contribution in [0.2, 0.25) is 0 Å². The first-order valence-corrected chi connectivity index (χ1v) is 11.7. The molecule has 0 saturated carbocycles. The summed E-state index contributed by atoms with van der Waals surface area (Å²) in [5, 5.41) is 11.3. The van der Waals surface area contributed by atoms with Gasteiger partial charge in [-0.3, -0.25) is 14.5 Å². The van der Waals surface area contributed by atoms with E-state index >= 15 is 0 Å². The van der Waals surface area contributed by atoms with E-state index in [1.165, 1.54) is 4.90 Å². The van der Waals surface area contributed by atoms with Gasteiger partial charge >= 0.3 is 0 Å². The second-order valence-electron chi connectivity index (χ2n) is 8.40. The van der Waals surface area contributed by atoms with Crippen LogP contribution in [0.25, 0.3) is 5.76 Å². The summed E-state index contributed by atoms with van der Waals surface area (Å²) in [7, 11) is 0. The van der Waals surface area contributed by atoms with Gasteiger partial charge in [0.1, 0.15) is 17.3 Å². The number of hydrogen-bond donors (Lipinski definition) is 1. The SMILES string of the molecule is CCOc1ccc(N2C(=O)C(=O)/C(=C(\O)c3ccc(C)c(C)c3)C2c2cccc(OCC)c2)cc1. The van der Waals surface area contributed by atoms with Crippen molar-refractivity contribution in [1.82, 2.24) is 0 Å². The third-order valence-corrected chi connectivity index (χ3v) is 6.14. The second-order valence-corrected chi connectivity index (χ2v) is 8.40. The average Bonchev–Trinajstić information content (AvgIpc) is 3.12. The highest BCUT2D eigenvalue weighted by Crippen LogP contribution is 2.43. The number of carbonyl (C=O) groups is 2. The zero-order valence-corrected chi connectivity index (χ0v) is 20.4. The zero-order chi connectivity index (χ0) is 25.1. The van der Waals surface area contributed by atoms with Crippen LogP contribution in [-0.4, -0.2) is 30.0 Å². The molecule has 1 aliphatic rings. The smallest absolute Gasteiger partial charge is 0.300 e. The topological polar surface area (TPSA) is 76.1 Å².